The molecule has 0 spiro atoms. The molecule has 0 heterocycles. The maximum Gasteiger partial charge on any atom is 0.0305 e. The van der Waals surface area contributed by atoms with Crippen LogP contribution < -0.4 is 0 Å². The van der Waals surface area contributed by atoms with Crippen molar-refractivity contribution in [3.63, 3.8) is 0 Å². The van der Waals surface area contributed by atoms with Crippen LogP contribution in [0, 0.1) is 18.3 Å². The van der Waals surface area contributed by atoms with E-state index in [2.05, 4.69) is 31.9 Å². The first-order valence-corrected chi connectivity index (χ1v) is 5.07. The fourth-order valence-corrected chi connectivity index (χ4v) is 2.04. The van der Waals surface area contributed by atoms with E-state index in [9.17, 15) is 0 Å². The summed E-state index contributed by atoms with van der Waals surface area (Å²) >= 11 is 0. The van der Waals surface area contributed by atoms with Gasteiger partial charge in [-0.1, -0.05) is 24.6 Å². The molecule has 0 aromatic rings. The second-order valence-corrected chi connectivity index (χ2v) is 3.72. The Morgan fingerprint density at radius 1 is 1.62 bits per heavy atom. The van der Waals surface area contributed by atoms with Gasteiger partial charge in [0.15, 0.2) is 0 Å². The highest BCUT2D eigenvalue weighted by Crippen LogP contribution is 2.32. The first kappa shape index (κ1) is 10.1. The number of rotatable bonds is 2. The summed E-state index contributed by atoms with van der Waals surface area (Å²) in [7, 11) is 0. The Kier molecular flexibility index (Phi) is 3.83. The summed E-state index contributed by atoms with van der Waals surface area (Å²) in [5.41, 5.74) is 2.98. The Balaban J connectivity index is 2.90. The molecular formula is C13H18. The average molecular weight is 174 g/mol. The lowest BCUT2D eigenvalue weighted by Gasteiger charge is -2.23. The maximum atomic E-state index is 5.37. The van der Waals surface area contributed by atoms with Gasteiger partial charge in [-0.3, -0.25) is 0 Å². The molecule has 0 heteroatoms. The summed E-state index contributed by atoms with van der Waals surface area (Å²) in [6, 6.07) is 0. The summed E-state index contributed by atoms with van der Waals surface area (Å²) in [6.45, 7) is 4.36. The second kappa shape index (κ2) is 4.92. The molecule has 1 aliphatic carbocycles. The largest absolute Gasteiger partial charge is 0.120 e. The number of terminal acetylenes is 1. The summed E-state index contributed by atoms with van der Waals surface area (Å²) in [6.07, 6.45) is 14.4. The van der Waals surface area contributed by atoms with Crippen molar-refractivity contribution in [1.29, 1.82) is 0 Å². The van der Waals surface area contributed by atoms with Crippen molar-refractivity contribution in [2.45, 2.75) is 39.5 Å². The average Bonchev–Trinajstić information content (AvgIpc) is 2.11. The van der Waals surface area contributed by atoms with Crippen molar-refractivity contribution in [2.75, 3.05) is 0 Å². The van der Waals surface area contributed by atoms with Crippen LogP contribution in [-0.2, 0) is 0 Å². The highest BCUT2D eigenvalue weighted by Gasteiger charge is 2.16. The van der Waals surface area contributed by atoms with Crippen molar-refractivity contribution in [3.05, 3.63) is 23.3 Å². The van der Waals surface area contributed by atoms with Crippen LogP contribution >= 0.6 is 0 Å². The Hall–Kier alpha value is -0.960. The third kappa shape index (κ3) is 2.49. The molecule has 1 rings (SSSR count). The summed E-state index contributed by atoms with van der Waals surface area (Å²) in [5, 5.41) is 0. The Morgan fingerprint density at radius 3 is 3.00 bits per heavy atom. The van der Waals surface area contributed by atoms with Crippen molar-refractivity contribution < 1.29 is 0 Å². The van der Waals surface area contributed by atoms with E-state index in [1.165, 1.54) is 30.4 Å². The molecule has 70 valence electrons. The van der Waals surface area contributed by atoms with E-state index in [1.807, 2.05) is 0 Å². The molecule has 0 radical (unpaired) electrons. The van der Waals surface area contributed by atoms with E-state index in [0.29, 0.717) is 5.92 Å². The highest BCUT2D eigenvalue weighted by atomic mass is 14.2. The zero-order valence-corrected chi connectivity index (χ0v) is 8.64. The highest BCUT2D eigenvalue weighted by molar-refractivity contribution is 5.31. The summed E-state index contributed by atoms with van der Waals surface area (Å²) in [5.74, 6) is 3.46. The number of hydrogen-bond acceptors (Lipinski definition) is 0. The lowest BCUT2D eigenvalue weighted by Crippen LogP contribution is -2.08. The van der Waals surface area contributed by atoms with Gasteiger partial charge in [0, 0.05) is 6.42 Å². The van der Waals surface area contributed by atoms with E-state index in [1.54, 1.807) is 0 Å². The summed E-state index contributed by atoms with van der Waals surface area (Å²) in [4.78, 5) is 0. The van der Waals surface area contributed by atoms with Crippen molar-refractivity contribution >= 4 is 0 Å². The number of allylic oxidation sites excluding steroid dienone is 4. The Labute approximate surface area is 81.7 Å². The lowest BCUT2D eigenvalue weighted by molar-refractivity contribution is 0.533. The van der Waals surface area contributed by atoms with Gasteiger partial charge in [0.25, 0.3) is 0 Å². The second-order valence-electron chi connectivity index (χ2n) is 3.72. The molecule has 13 heavy (non-hydrogen) atoms. The number of hydrogen-bond donors (Lipinski definition) is 0. The third-order valence-electron chi connectivity index (χ3n) is 2.75. The van der Waals surface area contributed by atoms with Crippen LogP contribution in [0.15, 0.2) is 23.3 Å². The first-order valence-electron chi connectivity index (χ1n) is 5.07. The molecule has 0 aliphatic heterocycles. The van der Waals surface area contributed by atoms with Crippen LogP contribution in [0.5, 0.6) is 0 Å². The molecule has 0 saturated carbocycles. The standard InChI is InChI=1S/C13H18/c1-4-7-12-10-6-9-11(3)13(12)8-5-2/h2,4,7,11H,6,8-10H2,1,3H3/b7-4-. The zero-order chi connectivity index (χ0) is 9.68. The van der Waals surface area contributed by atoms with E-state index in [-0.39, 0.29) is 0 Å². The van der Waals surface area contributed by atoms with E-state index in [4.69, 9.17) is 6.42 Å². The van der Waals surface area contributed by atoms with E-state index < -0.39 is 0 Å². The fraction of sp³-hybridized carbons (Fsp3) is 0.538. The van der Waals surface area contributed by atoms with Crippen LogP contribution in [0.25, 0.3) is 0 Å². The van der Waals surface area contributed by atoms with Gasteiger partial charge in [0.05, 0.1) is 0 Å². The fourth-order valence-electron chi connectivity index (χ4n) is 2.04. The van der Waals surface area contributed by atoms with Gasteiger partial charge in [0.2, 0.25) is 0 Å². The molecule has 0 amide bonds. The lowest BCUT2D eigenvalue weighted by atomic mass is 9.82. The van der Waals surface area contributed by atoms with Crippen LogP contribution in [0.4, 0.5) is 0 Å². The molecule has 0 N–H and O–H groups in total. The zero-order valence-electron chi connectivity index (χ0n) is 8.64. The van der Waals surface area contributed by atoms with Crippen LogP contribution in [-0.4, -0.2) is 0 Å². The van der Waals surface area contributed by atoms with E-state index in [0.717, 1.165) is 6.42 Å². The smallest absolute Gasteiger partial charge is 0.0305 e. The van der Waals surface area contributed by atoms with Gasteiger partial charge >= 0.3 is 0 Å². The third-order valence-corrected chi connectivity index (χ3v) is 2.75. The van der Waals surface area contributed by atoms with Gasteiger partial charge in [-0.05, 0) is 37.7 Å². The normalized spacial score (nSPS) is 23.6. The minimum Gasteiger partial charge on any atom is -0.120 e. The van der Waals surface area contributed by atoms with Gasteiger partial charge in [-0.2, -0.15) is 0 Å². The molecular weight excluding hydrogens is 156 g/mol. The quantitative estimate of drug-likeness (QED) is 0.560. The molecule has 1 unspecified atom stereocenters. The molecule has 0 nitrogen and oxygen atoms in total. The molecule has 0 aromatic carbocycles. The van der Waals surface area contributed by atoms with E-state index >= 15 is 0 Å². The molecule has 0 saturated heterocycles. The van der Waals surface area contributed by atoms with Gasteiger partial charge < -0.3 is 0 Å². The van der Waals surface area contributed by atoms with Crippen LogP contribution in [0.2, 0.25) is 0 Å². The van der Waals surface area contributed by atoms with Crippen molar-refractivity contribution in [2.24, 2.45) is 5.92 Å². The van der Waals surface area contributed by atoms with Crippen LogP contribution in [0.3, 0.4) is 0 Å². The van der Waals surface area contributed by atoms with Gasteiger partial charge in [-0.15, -0.1) is 12.3 Å². The molecule has 1 aliphatic rings. The maximum absolute atomic E-state index is 5.37. The van der Waals surface area contributed by atoms with Crippen molar-refractivity contribution in [3.8, 4) is 12.3 Å². The topological polar surface area (TPSA) is 0 Å². The SMILES string of the molecule is C#CCC1=C(/C=C\C)CCCC1C. The predicted octanol–water partition coefficient (Wildman–Crippen LogP) is 3.70. The Morgan fingerprint density at radius 2 is 2.38 bits per heavy atom. The van der Waals surface area contributed by atoms with Crippen LogP contribution in [0.1, 0.15) is 39.5 Å². The molecule has 0 fully saturated rings. The minimum atomic E-state index is 0.691. The molecule has 0 aromatic heterocycles. The van der Waals surface area contributed by atoms with Gasteiger partial charge in [-0.25, -0.2) is 0 Å². The van der Waals surface area contributed by atoms with Crippen molar-refractivity contribution in [1.82, 2.24) is 0 Å². The first-order chi connectivity index (χ1) is 6.29. The Bertz CT molecular complexity index is 260. The molecule has 0 bridgehead atoms. The minimum absolute atomic E-state index is 0.691. The predicted molar refractivity (Wildman–Crippen MR) is 58.3 cm³/mol. The summed E-state index contributed by atoms with van der Waals surface area (Å²) < 4.78 is 0. The van der Waals surface area contributed by atoms with Gasteiger partial charge in [0.1, 0.15) is 0 Å². The monoisotopic (exact) mass is 174 g/mol. The molecule has 1 atom stereocenters.